The molecule has 0 radical (unpaired) electrons. The van der Waals surface area contributed by atoms with Crippen LogP contribution in [0.25, 0.3) is 11.1 Å². The van der Waals surface area contributed by atoms with Crippen molar-refractivity contribution in [1.82, 2.24) is 5.32 Å². The van der Waals surface area contributed by atoms with Crippen LogP contribution in [0, 0.1) is 11.3 Å². The van der Waals surface area contributed by atoms with Gasteiger partial charge in [0.1, 0.15) is 0 Å². The molecule has 0 aliphatic rings. The number of carbonyl (C=O) groups is 2. The zero-order chi connectivity index (χ0) is 20.6. The molecule has 0 fully saturated rings. The second-order valence-corrected chi connectivity index (χ2v) is 6.62. The average molecular weight is 405 g/mol. The molecule has 5 nitrogen and oxygen atoms in total. The summed E-state index contributed by atoms with van der Waals surface area (Å²) in [6, 6.07) is 23.1. The van der Waals surface area contributed by atoms with E-state index < -0.39 is 18.5 Å². The Morgan fingerprint density at radius 1 is 0.966 bits per heavy atom. The summed E-state index contributed by atoms with van der Waals surface area (Å²) in [5.74, 6) is -1.06. The number of benzene rings is 3. The van der Waals surface area contributed by atoms with Crippen molar-refractivity contribution in [3.63, 3.8) is 0 Å². The maximum atomic E-state index is 12.6. The third-order valence-electron chi connectivity index (χ3n) is 4.20. The van der Waals surface area contributed by atoms with E-state index in [4.69, 9.17) is 16.3 Å². The number of nitriles is 1. The van der Waals surface area contributed by atoms with Crippen molar-refractivity contribution in [3.05, 3.63) is 94.5 Å². The van der Waals surface area contributed by atoms with Crippen LogP contribution in [-0.4, -0.2) is 18.5 Å². The van der Waals surface area contributed by atoms with Crippen LogP contribution >= 0.6 is 11.6 Å². The van der Waals surface area contributed by atoms with Crippen LogP contribution in [0.3, 0.4) is 0 Å². The first-order valence-corrected chi connectivity index (χ1v) is 9.23. The molecule has 0 saturated heterocycles. The normalized spacial score (nSPS) is 10.1. The van der Waals surface area contributed by atoms with Gasteiger partial charge in [-0.1, -0.05) is 60.1 Å². The highest BCUT2D eigenvalue weighted by Gasteiger charge is 2.17. The predicted molar refractivity (Wildman–Crippen MR) is 110 cm³/mol. The lowest BCUT2D eigenvalue weighted by atomic mass is 9.96. The Morgan fingerprint density at radius 2 is 1.69 bits per heavy atom. The van der Waals surface area contributed by atoms with E-state index in [1.807, 2.05) is 6.07 Å². The fraction of sp³-hybridized carbons (Fsp3) is 0.0870. The van der Waals surface area contributed by atoms with E-state index in [2.05, 4.69) is 11.4 Å². The van der Waals surface area contributed by atoms with E-state index in [1.165, 1.54) is 0 Å². The first-order valence-electron chi connectivity index (χ1n) is 8.85. The predicted octanol–water partition coefficient (Wildman–Crippen LogP) is 4.35. The van der Waals surface area contributed by atoms with Gasteiger partial charge in [0.2, 0.25) is 0 Å². The summed E-state index contributed by atoms with van der Waals surface area (Å²) in [6.07, 6.45) is 0. The highest BCUT2D eigenvalue weighted by atomic mass is 35.5. The molecule has 3 aromatic carbocycles. The maximum absolute atomic E-state index is 12.6. The number of amides is 1. The number of esters is 1. The molecule has 1 amide bonds. The topological polar surface area (TPSA) is 79.2 Å². The Bertz CT molecular complexity index is 1090. The summed E-state index contributed by atoms with van der Waals surface area (Å²) < 4.78 is 5.18. The van der Waals surface area contributed by atoms with Crippen molar-refractivity contribution in [3.8, 4) is 17.2 Å². The van der Waals surface area contributed by atoms with Gasteiger partial charge in [-0.15, -0.1) is 0 Å². The van der Waals surface area contributed by atoms with Crippen molar-refractivity contribution < 1.29 is 14.3 Å². The van der Waals surface area contributed by atoms with Gasteiger partial charge in [-0.3, -0.25) is 4.79 Å². The van der Waals surface area contributed by atoms with Gasteiger partial charge in [0.25, 0.3) is 5.91 Å². The minimum absolute atomic E-state index is 0.281. The Morgan fingerprint density at radius 3 is 2.45 bits per heavy atom. The summed E-state index contributed by atoms with van der Waals surface area (Å²) >= 11 is 5.92. The minimum atomic E-state index is -0.633. The molecule has 0 saturated carbocycles. The molecule has 29 heavy (non-hydrogen) atoms. The molecule has 3 aromatic rings. The van der Waals surface area contributed by atoms with E-state index in [1.54, 1.807) is 66.7 Å². The molecular weight excluding hydrogens is 388 g/mol. The Hall–Kier alpha value is -3.62. The van der Waals surface area contributed by atoms with E-state index in [0.717, 1.165) is 5.56 Å². The summed E-state index contributed by atoms with van der Waals surface area (Å²) in [5.41, 5.74) is 2.79. The molecule has 0 aromatic heterocycles. The second kappa shape index (κ2) is 9.54. The lowest BCUT2D eigenvalue weighted by Crippen LogP contribution is -2.28. The molecule has 0 unspecified atom stereocenters. The van der Waals surface area contributed by atoms with E-state index in [-0.39, 0.29) is 12.1 Å². The van der Waals surface area contributed by atoms with Crippen molar-refractivity contribution in [1.29, 1.82) is 5.26 Å². The summed E-state index contributed by atoms with van der Waals surface area (Å²) in [4.78, 5) is 24.6. The third kappa shape index (κ3) is 5.22. The lowest BCUT2D eigenvalue weighted by molar-refractivity contribution is -0.124. The molecule has 144 valence electrons. The molecule has 0 aliphatic heterocycles. The first kappa shape index (κ1) is 20.1. The average Bonchev–Trinajstić information content (AvgIpc) is 2.76. The zero-order valence-corrected chi connectivity index (χ0v) is 16.1. The van der Waals surface area contributed by atoms with Gasteiger partial charge < -0.3 is 10.1 Å². The summed E-state index contributed by atoms with van der Waals surface area (Å²) in [7, 11) is 0. The van der Waals surface area contributed by atoms with Gasteiger partial charge in [0.15, 0.2) is 6.61 Å². The van der Waals surface area contributed by atoms with Crippen molar-refractivity contribution in [2.24, 2.45) is 0 Å². The molecule has 3 rings (SSSR count). The third-order valence-corrected chi connectivity index (χ3v) is 4.43. The Labute approximate surface area is 173 Å². The Kier molecular flexibility index (Phi) is 6.62. The monoisotopic (exact) mass is 404 g/mol. The molecule has 0 bridgehead atoms. The van der Waals surface area contributed by atoms with Crippen LogP contribution in [0.1, 0.15) is 21.5 Å². The summed E-state index contributed by atoms with van der Waals surface area (Å²) in [6.45, 7) is -0.128. The SMILES string of the molecule is N#Cc1ccccc1-c1ccccc1C(=O)OCC(=O)NCc1cccc(Cl)c1. The van der Waals surface area contributed by atoms with Crippen LogP contribution < -0.4 is 5.32 Å². The van der Waals surface area contributed by atoms with Crippen molar-refractivity contribution in [2.75, 3.05) is 6.61 Å². The lowest BCUT2D eigenvalue weighted by Gasteiger charge is -2.11. The number of rotatable bonds is 6. The highest BCUT2D eigenvalue weighted by Crippen LogP contribution is 2.27. The summed E-state index contributed by atoms with van der Waals surface area (Å²) in [5, 5.41) is 12.6. The van der Waals surface area contributed by atoms with Crippen LogP contribution in [0.2, 0.25) is 5.02 Å². The van der Waals surface area contributed by atoms with Crippen LogP contribution in [0.5, 0.6) is 0 Å². The molecule has 0 aliphatic carbocycles. The standard InChI is InChI=1S/C23H17ClN2O3/c24-18-8-5-6-16(12-18)14-26-22(27)15-29-23(28)21-11-4-3-10-20(21)19-9-2-1-7-17(19)13-25/h1-12H,14-15H2,(H,26,27). The Balaban J connectivity index is 1.66. The molecule has 0 atom stereocenters. The maximum Gasteiger partial charge on any atom is 0.339 e. The van der Waals surface area contributed by atoms with Crippen molar-refractivity contribution in [2.45, 2.75) is 6.54 Å². The fourth-order valence-corrected chi connectivity index (χ4v) is 3.03. The van der Waals surface area contributed by atoms with Gasteiger partial charge in [-0.25, -0.2) is 4.79 Å². The van der Waals surface area contributed by atoms with E-state index >= 15 is 0 Å². The zero-order valence-electron chi connectivity index (χ0n) is 15.4. The van der Waals surface area contributed by atoms with Crippen LogP contribution in [0.4, 0.5) is 0 Å². The number of carbonyl (C=O) groups excluding carboxylic acids is 2. The molecule has 0 heterocycles. The highest BCUT2D eigenvalue weighted by molar-refractivity contribution is 6.30. The number of ether oxygens (including phenoxy) is 1. The smallest absolute Gasteiger partial charge is 0.339 e. The minimum Gasteiger partial charge on any atom is -0.452 e. The number of nitrogens with zero attached hydrogens (tertiary/aromatic N) is 1. The van der Waals surface area contributed by atoms with E-state index in [9.17, 15) is 14.9 Å². The number of nitrogens with one attached hydrogen (secondary N) is 1. The van der Waals surface area contributed by atoms with Gasteiger partial charge in [0.05, 0.1) is 17.2 Å². The molecule has 6 heteroatoms. The number of hydrogen-bond donors (Lipinski definition) is 1. The molecule has 1 N–H and O–H groups in total. The fourth-order valence-electron chi connectivity index (χ4n) is 2.82. The van der Waals surface area contributed by atoms with Gasteiger partial charge in [-0.05, 0) is 35.4 Å². The van der Waals surface area contributed by atoms with Gasteiger partial charge in [-0.2, -0.15) is 5.26 Å². The van der Waals surface area contributed by atoms with Crippen LogP contribution in [-0.2, 0) is 16.1 Å². The number of halogens is 1. The largest absolute Gasteiger partial charge is 0.452 e. The molecular formula is C23H17ClN2O3. The van der Waals surface area contributed by atoms with Crippen LogP contribution in [0.15, 0.2) is 72.8 Å². The van der Waals surface area contributed by atoms with Crippen molar-refractivity contribution >= 4 is 23.5 Å². The quantitative estimate of drug-likeness (QED) is 0.619. The molecule has 0 spiro atoms. The first-order chi connectivity index (χ1) is 14.1. The second-order valence-electron chi connectivity index (χ2n) is 6.19. The van der Waals surface area contributed by atoms with Gasteiger partial charge in [0, 0.05) is 17.1 Å². The van der Waals surface area contributed by atoms with E-state index in [0.29, 0.717) is 21.7 Å². The van der Waals surface area contributed by atoms with Gasteiger partial charge >= 0.3 is 5.97 Å². The number of hydrogen-bond acceptors (Lipinski definition) is 4.